The zero-order chi connectivity index (χ0) is 12.3. The Morgan fingerprint density at radius 2 is 2.24 bits per heavy atom. The van der Waals surface area contributed by atoms with Crippen molar-refractivity contribution >= 4 is 5.97 Å². The molecule has 0 unspecified atom stereocenters. The van der Waals surface area contributed by atoms with Gasteiger partial charge in [0.05, 0.1) is 5.56 Å². The first-order valence-corrected chi connectivity index (χ1v) is 6.22. The van der Waals surface area contributed by atoms with Crippen molar-refractivity contribution in [3.05, 3.63) is 35.4 Å². The van der Waals surface area contributed by atoms with Crippen LogP contribution in [0.15, 0.2) is 24.3 Å². The van der Waals surface area contributed by atoms with Crippen LogP contribution < -0.4 is 5.32 Å². The highest BCUT2D eigenvalue weighted by molar-refractivity contribution is 5.87. The highest BCUT2D eigenvalue weighted by Gasteiger charge is 2.34. The van der Waals surface area contributed by atoms with Crippen LogP contribution in [0.4, 0.5) is 0 Å². The normalized spacial score (nSPS) is 17.5. The minimum atomic E-state index is -0.860. The lowest BCUT2D eigenvalue weighted by molar-refractivity contribution is 0.0696. The lowest BCUT2D eigenvalue weighted by Gasteiger charge is -2.42. The molecule has 1 saturated carbocycles. The third-order valence-electron chi connectivity index (χ3n) is 3.83. The van der Waals surface area contributed by atoms with E-state index in [1.54, 1.807) is 18.2 Å². The molecule has 2 rings (SSSR count). The summed E-state index contributed by atoms with van der Waals surface area (Å²) in [5.41, 5.74) is 1.72. The van der Waals surface area contributed by atoms with E-state index in [9.17, 15) is 4.79 Å². The van der Waals surface area contributed by atoms with E-state index >= 15 is 0 Å². The maximum absolute atomic E-state index is 10.9. The first kappa shape index (κ1) is 12.1. The summed E-state index contributed by atoms with van der Waals surface area (Å²) in [6, 6.07) is 7.16. The number of rotatable bonds is 5. The molecule has 0 atom stereocenters. The third kappa shape index (κ3) is 2.67. The third-order valence-corrected chi connectivity index (χ3v) is 3.83. The number of nitrogens with one attached hydrogen (secondary N) is 1. The molecule has 17 heavy (non-hydrogen) atoms. The zero-order valence-corrected chi connectivity index (χ0v) is 10.2. The molecule has 0 radical (unpaired) electrons. The number of aromatic carboxylic acids is 1. The van der Waals surface area contributed by atoms with Crippen LogP contribution in [0.3, 0.4) is 0 Å². The predicted octanol–water partition coefficient (Wildman–Crippen LogP) is 2.81. The van der Waals surface area contributed by atoms with Gasteiger partial charge in [-0.05, 0) is 43.4 Å². The Hall–Kier alpha value is -1.35. The van der Waals surface area contributed by atoms with Gasteiger partial charge in [0.15, 0.2) is 0 Å². The van der Waals surface area contributed by atoms with Crippen molar-refractivity contribution in [1.29, 1.82) is 0 Å². The first-order valence-electron chi connectivity index (χ1n) is 6.22. The van der Waals surface area contributed by atoms with E-state index in [1.807, 2.05) is 6.07 Å². The molecule has 0 aliphatic heterocycles. The van der Waals surface area contributed by atoms with Crippen molar-refractivity contribution in [2.24, 2.45) is 0 Å². The summed E-state index contributed by atoms with van der Waals surface area (Å²) in [4.78, 5) is 10.9. The Balaban J connectivity index is 1.99. The van der Waals surface area contributed by atoms with E-state index in [0.717, 1.165) is 18.5 Å². The van der Waals surface area contributed by atoms with Gasteiger partial charge in [-0.2, -0.15) is 0 Å². The van der Waals surface area contributed by atoms with Gasteiger partial charge in [-0.25, -0.2) is 4.79 Å². The number of hydrogen-bond donors (Lipinski definition) is 2. The molecule has 1 aromatic carbocycles. The number of benzene rings is 1. The molecule has 0 saturated heterocycles. The molecule has 1 aliphatic carbocycles. The largest absolute Gasteiger partial charge is 0.478 e. The highest BCUT2D eigenvalue weighted by atomic mass is 16.4. The fourth-order valence-electron chi connectivity index (χ4n) is 2.36. The number of carboxylic acids is 1. The quantitative estimate of drug-likeness (QED) is 0.822. The van der Waals surface area contributed by atoms with Crippen molar-refractivity contribution in [1.82, 2.24) is 5.32 Å². The molecule has 1 fully saturated rings. The van der Waals surface area contributed by atoms with Crippen molar-refractivity contribution in [3.63, 3.8) is 0 Å². The van der Waals surface area contributed by atoms with Crippen molar-refractivity contribution in [3.8, 4) is 0 Å². The van der Waals surface area contributed by atoms with Crippen molar-refractivity contribution < 1.29 is 9.90 Å². The molecule has 1 aromatic rings. The second-order valence-corrected chi connectivity index (χ2v) is 4.85. The topological polar surface area (TPSA) is 49.3 Å². The van der Waals surface area contributed by atoms with E-state index in [2.05, 4.69) is 12.2 Å². The fourth-order valence-corrected chi connectivity index (χ4v) is 2.36. The van der Waals surface area contributed by atoms with Crippen LogP contribution in [0.2, 0.25) is 0 Å². The van der Waals surface area contributed by atoms with Crippen LogP contribution in [0.5, 0.6) is 0 Å². The average molecular weight is 233 g/mol. The molecule has 1 aliphatic rings. The first-order chi connectivity index (χ1) is 8.15. The number of hydrogen-bond acceptors (Lipinski definition) is 2. The zero-order valence-electron chi connectivity index (χ0n) is 10.2. The van der Waals surface area contributed by atoms with Gasteiger partial charge < -0.3 is 10.4 Å². The number of carbonyl (C=O) groups is 1. The molecule has 0 bridgehead atoms. The predicted molar refractivity (Wildman–Crippen MR) is 67.1 cm³/mol. The fraction of sp³-hybridized carbons (Fsp3) is 0.500. The van der Waals surface area contributed by atoms with Crippen LogP contribution in [0.1, 0.15) is 48.5 Å². The highest BCUT2D eigenvalue weighted by Crippen LogP contribution is 2.34. The molecule has 92 valence electrons. The minimum Gasteiger partial charge on any atom is -0.478 e. The van der Waals surface area contributed by atoms with Gasteiger partial charge in [0.25, 0.3) is 0 Å². The van der Waals surface area contributed by atoms with Gasteiger partial charge >= 0.3 is 5.97 Å². The lowest BCUT2D eigenvalue weighted by Crippen LogP contribution is -2.49. The van der Waals surface area contributed by atoms with Gasteiger partial charge in [-0.1, -0.05) is 19.1 Å². The summed E-state index contributed by atoms with van der Waals surface area (Å²) in [6.07, 6.45) is 4.92. The van der Waals surface area contributed by atoms with Gasteiger partial charge in [-0.15, -0.1) is 0 Å². The summed E-state index contributed by atoms with van der Waals surface area (Å²) >= 11 is 0. The van der Waals surface area contributed by atoms with E-state index in [4.69, 9.17) is 5.11 Å². The Labute approximate surface area is 102 Å². The van der Waals surface area contributed by atoms with E-state index in [1.165, 1.54) is 19.3 Å². The van der Waals surface area contributed by atoms with E-state index < -0.39 is 5.97 Å². The van der Waals surface area contributed by atoms with Crippen LogP contribution in [-0.4, -0.2) is 16.6 Å². The maximum atomic E-state index is 10.9. The van der Waals surface area contributed by atoms with Crippen LogP contribution in [0, 0.1) is 0 Å². The van der Waals surface area contributed by atoms with Crippen molar-refractivity contribution in [2.45, 2.75) is 44.7 Å². The lowest BCUT2D eigenvalue weighted by atomic mass is 9.75. The van der Waals surface area contributed by atoms with Crippen LogP contribution >= 0.6 is 0 Å². The van der Waals surface area contributed by atoms with Gasteiger partial charge in [-0.3, -0.25) is 0 Å². The molecular weight excluding hydrogens is 214 g/mol. The monoisotopic (exact) mass is 233 g/mol. The standard InChI is InChI=1S/C14H19NO2/c1-2-14(7-4-8-14)15-10-11-5-3-6-12(9-11)13(16)17/h3,5-6,9,15H,2,4,7-8,10H2,1H3,(H,16,17). The summed E-state index contributed by atoms with van der Waals surface area (Å²) in [6.45, 7) is 2.97. The Kier molecular flexibility index (Phi) is 3.48. The molecule has 0 amide bonds. The average Bonchev–Trinajstić information content (AvgIpc) is 2.28. The smallest absolute Gasteiger partial charge is 0.335 e. The Morgan fingerprint density at radius 1 is 1.47 bits per heavy atom. The Morgan fingerprint density at radius 3 is 2.76 bits per heavy atom. The Bertz CT molecular complexity index is 405. The molecule has 0 heterocycles. The minimum absolute atomic E-state index is 0.305. The maximum Gasteiger partial charge on any atom is 0.335 e. The molecular formula is C14H19NO2. The van der Waals surface area contributed by atoms with Gasteiger partial charge in [0, 0.05) is 12.1 Å². The molecule has 3 heteroatoms. The molecule has 0 spiro atoms. The number of carboxylic acid groups (broad SMARTS) is 1. The SMILES string of the molecule is CCC1(NCc2cccc(C(=O)O)c2)CCC1. The van der Waals surface area contributed by atoms with Gasteiger partial charge in [0.2, 0.25) is 0 Å². The summed E-state index contributed by atoms with van der Waals surface area (Å²) in [7, 11) is 0. The summed E-state index contributed by atoms with van der Waals surface area (Å²) < 4.78 is 0. The molecule has 0 aromatic heterocycles. The molecule has 3 nitrogen and oxygen atoms in total. The van der Waals surface area contributed by atoms with Crippen LogP contribution in [-0.2, 0) is 6.54 Å². The summed E-state index contributed by atoms with van der Waals surface area (Å²) in [5.74, 6) is -0.860. The van der Waals surface area contributed by atoms with Crippen molar-refractivity contribution in [2.75, 3.05) is 0 Å². The van der Waals surface area contributed by atoms with E-state index in [-0.39, 0.29) is 0 Å². The molecule has 2 N–H and O–H groups in total. The second-order valence-electron chi connectivity index (χ2n) is 4.85. The summed E-state index contributed by atoms with van der Waals surface area (Å²) in [5, 5.41) is 12.5. The van der Waals surface area contributed by atoms with Gasteiger partial charge in [0.1, 0.15) is 0 Å². The van der Waals surface area contributed by atoms with E-state index in [0.29, 0.717) is 11.1 Å². The second kappa shape index (κ2) is 4.88. The van der Waals surface area contributed by atoms with Crippen LogP contribution in [0.25, 0.3) is 0 Å².